The van der Waals surface area contributed by atoms with Crippen molar-refractivity contribution in [3.8, 4) is 0 Å². The fraction of sp³-hybridized carbons (Fsp3) is 0.714. The van der Waals surface area contributed by atoms with E-state index in [0.29, 0.717) is 26.1 Å². The second-order valence-corrected chi connectivity index (χ2v) is 4.15. The zero-order chi connectivity index (χ0) is 15.2. The molecule has 0 atom stereocenters. The van der Waals surface area contributed by atoms with Gasteiger partial charge in [0.15, 0.2) is 0 Å². The Bertz CT molecular complexity index is 272. The SMILES string of the molecule is C=C(C(=O)OCCCCOC)C(=O)OCCCCOC. The minimum atomic E-state index is -0.732. The lowest BCUT2D eigenvalue weighted by Crippen LogP contribution is -2.18. The van der Waals surface area contributed by atoms with Gasteiger partial charge in [0.1, 0.15) is 5.57 Å². The van der Waals surface area contributed by atoms with Gasteiger partial charge in [-0.15, -0.1) is 0 Å². The number of hydrogen-bond donors (Lipinski definition) is 0. The minimum absolute atomic E-state index is 0.238. The Labute approximate surface area is 120 Å². The summed E-state index contributed by atoms with van der Waals surface area (Å²) in [5, 5.41) is 0. The predicted octanol–water partition coefficient (Wildman–Crippen LogP) is 1.48. The Kier molecular flexibility index (Phi) is 11.7. The molecule has 0 aromatic carbocycles. The Hall–Kier alpha value is -1.40. The fourth-order valence-corrected chi connectivity index (χ4v) is 1.28. The largest absolute Gasteiger partial charge is 0.462 e. The minimum Gasteiger partial charge on any atom is -0.462 e. The summed E-state index contributed by atoms with van der Waals surface area (Å²) in [5.74, 6) is -1.46. The van der Waals surface area contributed by atoms with E-state index in [-0.39, 0.29) is 18.8 Å². The molecule has 0 aliphatic carbocycles. The number of hydrogen-bond acceptors (Lipinski definition) is 6. The molecule has 0 unspecified atom stereocenters. The molecule has 0 radical (unpaired) electrons. The summed E-state index contributed by atoms with van der Waals surface area (Å²) < 4.78 is 19.5. The molecule has 0 saturated carbocycles. The van der Waals surface area contributed by atoms with Crippen molar-refractivity contribution in [3.05, 3.63) is 12.2 Å². The average molecular weight is 288 g/mol. The molecule has 0 aromatic rings. The number of esters is 2. The molecule has 6 nitrogen and oxygen atoms in total. The summed E-state index contributed by atoms with van der Waals surface area (Å²) in [5.41, 5.74) is -0.275. The van der Waals surface area contributed by atoms with Gasteiger partial charge < -0.3 is 18.9 Å². The zero-order valence-corrected chi connectivity index (χ0v) is 12.3. The lowest BCUT2D eigenvalue weighted by atomic mass is 10.3. The van der Waals surface area contributed by atoms with E-state index in [0.717, 1.165) is 12.8 Å². The number of ether oxygens (including phenoxy) is 4. The Morgan fingerprint density at radius 3 is 1.45 bits per heavy atom. The third-order valence-electron chi connectivity index (χ3n) is 2.44. The van der Waals surface area contributed by atoms with Gasteiger partial charge in [-0.2, -0.15) is 0 Å². The Morgan fingerprint density at radius 2 is 1.10 bits per heavy atom. The van der Waals surface area contributed by atoms with Crippen LogP contribution in [0.15, 0.2) is 12.2 Å². The van der Waals surface area contributed by atoms with Gasteiger partial charge in [-0.3, -0.25) is 0 Å². The van der Waals surface area contributed by atoms with Crippen LogP contribution in [0.3, 0.4) is 0 Å². The van der Waals surface area contributed by atoms with Gasteiger partial charge in [0.05, 0.1) is 13.2 Å². The molecule has 0 bridgehead atoms. The van der Waals surface area contributed by atoms with Crippen molar-refractivity contribution >= 4 is 11.9 Å². The molecule has 0 fully saturated rings. The van der Waals surface area contributed by atoms with E-state index < -0.39 is 11.9 Å². The van der Waals surface area contributed by atoms with Crippen LogP contribution in [0.5, 0.6) is 0 Å². The molecule has 20 heavy (non-hydrogen) atoms. The van der Waals surface area contributed by atoms with Crippen LogP contribution in [0, 0.1) is 0 Å². The van der Waals surface area contributed by atoms with Crippen molar-refractivity contribution < 1.29 is 28.5 Å². The highest BCUT2D eigenvalue weighted by molar-refractivity contribution is 6.13. The van der Waals surface area contributed by atoms with Crippen LogP contribution in [0.2, 0.25) is 0 Å². The standard InChI is InChI=1S/C14H24O6/c1-12(13(15)19-10-6-4-8-17-2)14(16)20-11-7-5-9-18-3/h1,4-11H2,2-3H3. The van der Waals surface area contributed by atoms with Crippen LogP contribution in [-0.2, 0) is 28.5 Å². The van der Waals surface area contributed by atoms with Crippen molar-refractivity contribution in [3.63, 3.8) is 0 Å². The van der Waals surface area contributed by atoms with E-state index in [4.69, 9.17) is 18.9 Å². The second-order valence-electron chi connectivity index (χ2n) is 4.15. The van der Waals surface area contributed by atoms with Crippen molar-refractivity contribution in [1.29, 1.82) is 0 Å². The molecule has 116 valence electrons. The topological polar surface area (TPSA) is 71.1 Å². The molecule has 6 heteroatoms. The Morgan fingerprint density at radius 1 is 0.750 bits per heavy atom. The number of carbonyl (C=O) groups excluding carboxylic acids is 2. The monoisotopic (exact) mass is 288 g/mol. The summed E-state index contributed by atoms with van der Waals surface area (Å²) in [4.78, 5) is 23.0. The number of carbonyl (C=O) groups is 2. The summed E-state index contributed by atoms with van der Waals surface area (Å²) in [6.07, 6.45) is 2.94. The molecule has 0 spiro atoms. The highest BCUT2D eigenvalue weighted by atomic mass is 16.6. The van der Waals surface area contributed by atoms with Gasteiger partial charge in [0.25, 0.3) is 0 Å². The number of unbranched alkanes of at least 4 members (excludes halogenated alkanes) is 2. The van der Waals surface area contributed by atoms with E-state index in [1.54, 1.807) is 14.2 Å². The third kappa shape index (κ3) is 9.52. The van der Waals surface area contributed by atoms with E-state index >= 15 is 0 Å². The molecule has 0 aliphatic heterocycles. The lowest BCUT2D eigenvalue weighted by Gasteiger charge is -2.07. The molecule has 0 aromatic heterocycles. The van der Waals surface area contributed by atoms with E-state index in [2.05, 4.69) is 6.58 Å². The average Bonchev–Trinajstić information content (AvgIpc) is 2.45. The van der Waals surface area contributed by atoms with Crippen LogP contribution in [0.25, 0.3) is 0 Å². The maximum absolute atomic E-state index is 11.5. The first-order valence-corrected chi connectivity index (χ1v) is 6.64. The van der Waals surface area contributed by atoms with E-state index in [1.165, 1.54) is 0 Å². The van der Waals surface area contributed by atoms with Crippen LogP contribution >= 0.6 is 0 Å². The third-order valence-corrected chi connectivity index (χ3v) is 2.44. The predicted molar refractivity (Wildman–Crippen MR) is 73.3 cm³/mol. The Balaban J connectivity index is 3.70. The molecular weight excluding hydrogens is 264 g/mol. The molecule has 0 heterocycles. The molecular formula is C14H24O6. The van der Waals surface area contributed by atoms with Gasteiger partial charge in [0.2, 0.25) is 0 Å². The first kappa shape index (κ1) is 18.6. The summed E-state index contributed by atoms with van der Waals surface area (Å²) >= 11 is 0. The molecule has 0 rings (SSSR count). The number of methoxy groups -OCH3 is 2. The van der Waals surface area contributed by atoms with Gasteiger partial charge in [-0.05, 0) is 25.7 Å². The molecule has 0 amide bonds. The van der Waals surface area contributed by atoms with Crippen LogP contribution in [-0.4, -0.2) is 52.6 Å². The van der Waals surface area contributed by atoms with Crippen molar-refractivity contribution in [2.75, 3.05) is 40.6 Å². The summed E-state index contributed by atoms with van der Waals surface area (Å²) in [6.45, 7) is 5.09. The van der Waals surface area contributed by atoms with Crippen LogP contribution < -0.4 is 0 Å². The van der Waals surface area contributed by atoms with Gasteiger partial charge in [-0.1, -0.05) is 6.58 Å². The van der Waals surface area contributed by atoms with Crippen LogP contribution in [0.1, 0.15) is 25.7 Å². The molecule has 0 saturated heterocycles. The van der Waals surface area contributed by atoms with Gasteiger partial charge in [-0.25, -0.2) is 9.59 Å². The zero-order valence-electron chi connectivity index (χ0n) is 12.3. The van der Waals surface area contributed by atoms with E-state index in [1.807, 2.05) is 0 Å². The summed E-state index contributed by atoms with van der Waals surface area (Å²) in [7, 11) is 3.22. The molecule has 0 N–H and O–H groups in total. The number of rotatable bonds is 12. The van der Waals surface area contributed by atoms with Crippen molar-refractivity contribution in [2.24, 2.45) is 0 Å². The van der Waals surface area contributed by atoms with Crippen LogP contribution in [0.4, 0.5) is 0 Å². The normalized spacial score (nSPS) is 10.1. The second kappa shape index (κ2) is 12.6. The van der Waals surface area contributed by atoms with Crippen molar-refractivity contribution in [2.45, 2.75) is 25.7 Å². The molecule has 0 aliphatic rings. The smallest absolute Gasteiger partial charge is 0.344 e. The highest BCUT2D eigenvalue weighted by Crippen LogP contribution is 2.02. The summed E-state index contributed by atoms with van der Waals surface area (Å²) in [6, 6.07) is 0. The quantitative estimate of drug-likeness (QED) is 0.178. The first-order chi connectivity index (χ1) is 9.63. The first-order valence-electron chi connectivity index (χ1n) is 6.64. The lowest BCUT2D eigenvalue weighted by molar-refractivity contribution is -0.147. The van der Waals surface area contributed by atoms with Gasteiger partial charge >= 0.3 is 11.9 Å². The van der Waals surface area contributed by atoms with Crippen molar-refractivity contribution in [1.82, 2.24) is 0 Å². The highest BCUT2D eigenvalue weighted by Gasteiger charge is 2.18. The van der Waals surface area contributed by atoms with E-state index in [9.17, 15) is 9.59 Å². The van der Waals surface area contributed by atoms with Gasteiger partial charge in [0, 0.05) is 27.4 Å². The maximum Gasteiger partial charge on any atom is 0.344 e. The maximum atomic E-state index is 11.5. The fourth-order valence-electron chi connectivity index (χ4n) is 1.28.